The highest BCUT2D eigenvalue weighted by molar-refractivity contribution is 5.17. The van der Waals surface area contributed by atoms with Crippen LogP contribution in [0.4, 0.5) is 0 Å². The van der Waals surface area contributed by atoms with E-state index in [4.69, 9.17) is 0 Å². The van der Waals surface area contributed by atoms with Gasteiger partial charge in [-0.2, -0.15) is 0 Å². The average molecular weight is 274 g/mol. The lowest BCUT2D eigenvalue weighted by Gasteiger charge is -2.14. The number of rotatable bonds is 8. The van der Waals surface area contributed by atoms with Crippen molar-refractivity contribution in [2.24, 2.45) is 5.92 Å². The lowest BCUT2D eigenvalue weighted by Crippen LogP contribution is -2.03. The third-order valence-electron chi connectivity index (χ3n) is 3.43. The van der Waals surface area contributed by atoms with Crippen molar-refractivity contribution in [3.8, 4) is 0 Å². The zero-order valence-corrected chi connectivity index (χ0v) is 12.8. The molecule has 114 valence electrons. The number of unbranched alkanes of at least 4 members (excludes halogenated alkanes) is 3. The van der Waals surface area contributed by atoms with E-state index in [1.165, 1.54) is 43.2 Å². The van der Waals surface area contributed by atoms with Crippen molar-refractivity contribution in [2.45, 2.75) is 59.8 Å². The van der Waals surface area contributed by atoms with Crippen molar-refractivity contribution in [1.29, 1.82) is 0 Å². The van der Waals surface area contributed by atoms with Crippen molar-refractivity contribution in [3.63, 3.8) is 0 Å². The molecule has 0 bridgehead atoms. The summed E-state index contributed by atoms with van der Waals surface area (Å²) in [5.74, 6) is 0.610. The van der Waals surface area contributed by atoms with Crippen molar-refractivity contribution < 1.29 is 0 Å². The number of benzene rings is 1. The van der Waals surface area contributed by atoms with E-state index >= 15 is 0 Å². The van der Waals surface area contributed by atoms with Crippen LogP contribution in [0.3, 0.4) is 0 Å². The average Bonchev–Trinajstić information content (AvgIpc) is 2.46. The Morgan fingerprint density at radius 2 is 1.65 bits per heavy atom. The van der Waals surface area contributed by atoms with Gasteiger partial charge in [-0.15, -0.1) is 13.2 Å². The summed E-state index contributed by atoms with van der Waals surface area (Å²) in [6.45, 7) is 14.8. The lowest BCUT2D eigenvalue weighted by molar-refractivity contribution is 0.599. The molecule has 1 aromatic rings. The van der Waals surface area contributed by atoms with Gasteiger partial charge in [0.05, 0.1) is 0 Å². The van der Waals surface area contributed by atoms with Gasteiger partial charge in [-0.1, -0.05) is 83.0 Å². The molecule has 0 radical (unpaired) electrons. The predicted molar refractivity (Wildman–Crippen MR) is 95.2 cm³/mol. The first-order chi connectivity index (χ1) is 9.24. The fraction of sp³-hybridized carbons (Fsp3) is 0.500. The topological polar surface area (TPSA) is 0 Å². The maximum atomic E-state index is 4.25. The fourth-order valence-electron chi connectivity index (χ4n) is 2.14. The molecule has 0 saturated carbocycles. The van der Waals surface area contributed by atoms with Crippen molar-refractivity contribution in [3.05, 3.63) is 61.2 Å². The van der Waals surface area contributed by atoms with Crippen LogP contribution in [-0.4, -0.2) is 0 Å². The molecule has 0 spiro atoms. The standard InChI is InChI=1S/C17H26.C2H4.CH4/c1-4-5-6-8-11-15(2)16(3)14-17-12-9-7-10-13-17;1-2;/h7,9-10,12-13,16H,2,4-6,8,11,14H2,1,3H3;1-2H2;1H4. The highest BCUT2D eigenvalue weighted by atomic mass is 14.1. The second kappa shape index (κ2) is 14.1. The first-order valence-corrected chi connectivity index (χ1v) is 7.45. The smallest absolute Gasteiger partial charge is 0.0194 e. The Morgan fingerprint density at radius 1 is 1.05 bits per heavy atom. The van der Waals surface area contributed by atoms with Crippen LogP contribution in [0.1, 0.15) is 58.9 Å². The highest BCUT2D eigenvalue weighted by Crippen LogP contribution is 2.20. The summed E-state index contributed by atoms with van der Waals surface area (Å²) in [7, 11) is 0. The van der Waals surface area contributed by atoms with Gasteiger partial charge in [-0.3, -0.25) is 0 Å². The fourth-order valence-corrected chi connectivity index (χ4v) is 2.14. The molecule has 1 atom stereocenters. The van der Waals surface area contributed by atoms with Gasteiger partial charge in [-0.25, -0.2) is 0 Å². The molecule has 0 nitrogen and oxygen atoms in total. The van der Waals surface area contributed by atoms with Crippen molar-refractivity contribution >= 4 is 0 Å². The summed E-state index contributed by atoms with van der Waals surface area (Å²) < 4.78 is 0. The molecule has 1 aromatic carbocycles. The van der Waals surface area contributed by atoms with E-state index < -0.39 is 0 Å². The minimum absolute atomic E-state index is 0. The molecule has 20 heavy (non-hydrogen) atoms. The normalized spacial score (nSPS) is 10.7. The zero-order chi connectivity index (χ0) is 14.5. The minimum Gasteiger partial charge on any atom is -0.106 e. The second-order valence-corrected chi connectivity index (χ2v) is 5.06. The Morgan fingerprint density at radius 3 is 2.20 bits per heavy atom. The molecular formula is C20H34. The predicted octanol–water partition coefficient (Wildman–Crippen LogP) is 6.83. The first kappa shape index (κ1) is 21.0. The SMILES string of the molecule is C.C=C.C=C(CCCCCC)C(C)Cc1ccccc1. The maximum Gasteiger partial charge on any atom is -0.0194 e. The molecule has 0 saturated heterocycles. The Labute approximate surface area is 127 Å². The monoisotopic (exact) mass is 274 g/mol. The molecule has 0 aliphatic rings. The Hall–Kier alpha value is -1.30. The zero-order valence-electron chi connectivity index (χ0n) is 12.8. The molecule has 0 aliphatic heterocycles. The molecule has 0 N–H and O–H groups in total. The molecule has 0 amide bonds. The summed E-state index contributed by atoms with van der Waals surface area (Å²) in [6, 6.07) is 10.7. The van der Waals surface area contributed by atoms with E-state index in [1.54, 1.807) is 0 Å². The van der Waals surface area contributed by atoms with Crippen molar-refractivity contribution in [2.75, 3.05) is 0 Å². The third kappa shape index (κ3) is 9.61. The van der Waals surface area contributed by atoms with E-state index in [0.717, 1.165) is 6.42 Å². The summed E-state index contributed by atoms with van der Waals surface area (Å²) in [5.41, 5.74) is 2.85. The Balaban J connectivity index is 0. The highest BCUT2D eigenvalue weighted by Gasteiger charge is 2.07. The summed E-state index contributed by atoms with van der Waals surface area (Å²) in [6.07, 6.45) is 7.67. The van der Waals surface area contributed by atoms with E-state index in [-0.39, 0.29) is 7.43 Å². The van der Waals surface area contributed by atoms with Gasteiger partial charge in [0, 0.05) is 0 Å². The maximum absolute atomic E-state index is 4.25. The first-order valence-electron chi connectivity index (χ1n) is 7.45. The summed E-state index contributed by atoms with van der Waals surface area (Å²) in [5, 5.41) is 0. The molecule has 0 aromatic heterocycles. The molecule has 1 rings (SSSR count). The van der Waals surface area contributed by atoms with E-state index in [0.29, 0.717) is 5.92 Å². The number of allylic oxidation sites excluding steroid dienone is 1. The molecular weight excluding hydrogens is 240 g/mol. The molecule has 0 heteroatoms. The number of hydrogen-bond acceptors (Lipinski definition) is 0. The summed E-state index contributed by atoms with van der Waals surface area (Å²) in [4.78, 5) is 0. The van der Waals surface area contributed by atoms with Gasteiger partial charge in [0.25, 0.3) is 0 Å². The Bertz CT molecular complexity index is 323. The van der Waals surface area contributed by atoms with E-state index in [1.807, 2.05) is 0 Å². The third-order valence-corrected chi connectivity index (χ3v) is 3.43. The van der Waals surface area contributed by atoms with Crippen LogP contribution in [0.25, 0.3) is 0 Å². The minimum atomic E-state index is 0. The molecule has 0 heterocycles. The largest absolute Gasteiger partial charge is 0.106 e. The van der Waals surface area contributed by atoms with Crippen molar-refractivity contribution in [1.82, 2.24) is 0 Å². The lowest BCUT2D eigenvalue weighted by atomic mass is 9.91. The molecule has 1 unspecified atom stereocenters. The Kier molecular flexibility index (Phi) is 14.8. The molecule has 0 fully saturated rings. The second-order valence-electron chi connectivity index (χ2n) is 5.06. The van der Waals surface area contributed by atoms with Gasteiger partial charge >= 0.3 is 0 Å². The van der Waals surface area contributed by atoms with Crippen LogP contribution in [-0.2, 0) is 6.42 Å². The van der Waals surface area contributed by atoms with Gasteiger partial charge in [0.1, 0.15) is 0 Å². The van der Waals surface area contributed by atoms with Gasteiger partial charge in [0.2, 0.25) is 0 Å². The summed E-state index contributed by atoms with van der Waals surface area (Å²) >= 11 is 0. The number of hydrogen-bond donors (Lipinski definition) is 0. The van der Waals surface area contributed by atoms with Crippen LogP contribution in [0.15, 0.2) is 55.6 Å². The van der Waals surface area contributed by atoms with Crippen LogP contribution in [0.5, 0.6) is 0 Å². The van der Waals surface area contributed by atoms with Crippen LogP contribution in [0, 0.1) is 5.92 Å². The van der Waals surface area contributed by atoms with Crippen LogP contribution >= 0.6 is 0 Å². The van der Waals surface area contributed by atoms with Crippen LogP contribution < -0.4 is 0 Å². The van der Waals surface area contributed by atoms with Crippen LogP contribution in [0.2, 0.25) is 0 Å². The van der Waals surface area contributed by atoms with E-state index in [9.17, 15) is 0 Å². The van der Waals surface area contributed by atoms with Gasteiger partial charge < -0.3 is 0 Å². The molecule has 0 aliphatic carbocycles. The quantitative estimate of drug-likeness (QED) is 0.360. The van der Waals surface area contributed by atoms with E-state index in [2.05, 4.69) is 63.9 Å². The van der Waals surface area contributed by atoms with Gasteiger partial charge in [0.15, 0.2) is 0 Å². The van der Waals surface area contributed by atoms with Gasteiger partial charge in [-0.05, 0) is 30.7 Å².